The number of benzene rings is 3. The summed E-state index contributed by atoms with van der Waals surface area (Å²) >= 11 is 0. The second-order valence-corrected chi connectivity index (χ2v) is 8.75. The summed E-state index contributed by atoms with van der Waals surface area (Å²) in [5, 5.41) is 3.96. The molecule has 1 amide bonds. The Morgan fingerprint density at radius 2 is 1.88 bits per heavy atom. The van der Waals surface area contributed by atoms with E-state index >= 15 is 0 Å². The number of aromatic nitrogens is 1. The fourth-order valence-electron chi connectivity index (χ4n) is 4.38. The molecule has 0 atom stereocenters. The zero-order valence-electron chi connectivity index (χ0n) is 18.9. The maximum atomic E-state index is 12.4. The van der Waals surface area contributed by atoms with E-state index in [1.807, 2.05) is 54.7 Å². The lowest BCUT2D eigenvalue weighted by Gasteiger charge is -2.20. The predicted molar refractivity (Wildman–Crippen MR) is 133 cm³/mol. The summed E-state index contributed by atoms with van der Waals surface area (Å²) in [6, 6.07) is 24.1. The average Bonchev–Trinajstić information content (AvgIpc) is 3.21. The van der Waals surface area contributed by atoms with Crippen LogP contribution in [-0.4, -0.2) is 17.6 Å². The van der Waals surface area contributed by atoms with Gasteiger partial charge in [0.2, 0.25) is 0 Å². The van der Waals surface area contributed by atoms with Crippen molar-refractivity contribution in [1.82, 2.24) is 4.98 Å². The van der Waals surface area contributed by atoms with Gasteiger partial charge < -0.3 is 9.64 Å². The molecule has 1 N–H and O–H groups in total. The van der Waals surface area contributed by atoms with E-state index < -0.39 is 6.09 Å². The molecule has 0 aliphatic carbocycles. The molecule has 0 saturated carbocycles. The Labute approximate surface area is 194 Å². The van der Waals surface area contributed by atoms with Crippen LogP contribution in [0, 0.1) is 0 Å². The van der Waals surface area contributed by atoms with Gasteiger partial charge in [-0.2, -0.15) is 0 Å². The number of nitrogens with one attached hydrogen (secondary N) is 1. The third-order valence-corrected chi connectivity index (χ3v) is 6.15. The number of hydrogen-bond donors (Lipinski definition) is 1. The second kappa shape index (κ2) is 8.94. The van der Waals surface area contributed by atoms with E-state index in [4.69, 9.17) is 4.74 Å². The molecule has 1 aliphatic heterocycles. The number of pyridine rings is 1. The first kappa shape index (κ1) is 21.0. The summed E-state index contributed by atoms with van der Waals surface area (Å²) in [7, 11) is 0. The van der Waals surface area contributed by atoms with E-state index in [9.17, 15) is 4.79 Å². The maximum absolute atomic E-state index is 12.4. The second-order valence-electron chi connectivity index (χ2n) is 8.75. The van der Waals surface area contributed by atoms with Crippen LogP contribution in [0.4, 0.5) is 16.2 Å². The standard InChI is InChI=1S/C28H27N3O2/c1-19(2)20-8-10-24(11-9-20)30-28(32)33-25-12-13-26-22(17-25)14-16-31(26)18-23-6-3-5-21-7-4-15-29-27(21)23/h3-13,15,17,19H,14,16,18H2,1-2H3,(H,30,32). The minimum atomic E-state index is -0.482. The maximum Gasteiger partial charge on any atom is 0.417 e. The molecule has 0 bridgehead atoms. The SMILES string of the molecule is CC(C)c1ccc(NC(=O)Oc2ccc3c(c2)CCN3Cc2cccc3cccnc23)cc1. The van der Waals surface area contributed by atoms with Crippen molar-refractivity contribution in [2.24, 2.45) is 0 Å². The number of para-hydroxylation sites is 1. The molecule has 3 aromatic carbocycles. The van der Waals surface area contributed by atoms with Crippen molar-refractivity contribution in [3.05, 3.63) is 95.7 Å². The van der Waals surface area contributed by atoms with Crippen molar-refractivity contribution in [3.8, 4) is 5.75 Å². The van der Waals surface area contributed by atoms with Crippen LogP contribution in [-0.2, 0) is 13.0 Å². The van der Waals surface area contributed by atoms with Gasteiger partial charge in [0, 0.05) is 36.0 Å². The molecule has 5 heteroatoms. The van der Waals surface area contributed by atoms with Crippen molar-refractivity contribution < 1.29 is 9.53 Å². The molecule has 0 radical (unpaired) electrons. The van der Waals surface area contributed by atoms with Crippen LogP contribution in [0.3, 0.4) is 0 Å². The number of fused-ring (bicyclic) bond motifs is 2. The van der Waals surface area contributed by atoms with Crippen molar-refractivity contribution in [2.45, 2.75) is 32.7 Å². The number of rotatable bonds is 5. The molecule has 1 aromatic heterocycles. The first-order chi connectivity index (χ1) is 16.1. The van der Waals surface area contributed by atoms with Crippen LogP contribution in [0.1, 0.15) is 36.5 Å². The van der Waals surface area contributed by atoms with E-state index in [0.717, 1.165) is 36.1 Å². The van der Waals surface area contributed by atoms with Crippen molar-refractivity contribution in [2.75, 3.05) is 16.8 Å². The van der Waals surface area contributed by atoms with Crippen molar-refractivity contribution in [1.29, 1.82) is 0 Å². The first-order valence-electron chi connectivity index (χ1n) is 11.4. The summed E-state index contributed by atoms with van der Waals surface area (Å²) in [4.78, 5) is 19.3. The Bertz CT molecular complexity index is 1290. The Balaban J connectivity index is 1.26. The average molecular weight is 438 g/mol. The Kier molecular flexibility index (Phi) is 5.69. The number of amides is 1. The summed E-state index contributed by atoms with van der Waals surface area (Å²) < 4.78 is 5.55. The molecule has 0 saturated heterocycles. The summed E-state index contributed by atoms with van der Waals surface area (Å²) in [6.07, 6.45) is 2.28. The summed E-state index contributed by atoms with van der Waals surface area (Å²) in [5.74, 6) is 1.01. The normalized spacial score (nSPS) is 12.8. The van der Waals surface area contributed by atoms with Crippen LogP contribution in [0.5, 0.6) is 5.75 Å². The monoisotopic (exact) mass is 437 g/mol. The number of anilines is 2. The van der Waals surface area contributed by atoms with Gasteiger partial charge >= 0.3 is 6.09 Å². The van der Waals surface area contributed by atoms with Crippen LogP contribution < -0.4 is 15.0 Å². The van der Waals surface area contributed by atoms with Gasteiger partial charge in [-0.1, -0.05) is 50.2 Å². The van der Waals surface area contributed by atoms with Gasteiger partial charge in [-0.05, 0) is 65.4 Å². The third kappa shape index (κ3) is 4.53. The number of nitrogens with zero attached hydrogens (tertiary/aromatic N) is 2. The van der Waals surface area contributed by atoms with Crippen LogP contribution >= 0.6 is 0 Å². The quantitative estimate of drug-likeness (QED) is 0.386. The van der Waals surface area contributed by atoms with Crippen LogP contribution in [0.2, 0.25) is 0 Å². The highest BCUT2D eigenvalue weighted by Gasteiger charge is 2.21. The Morgan fingerprint density at radius 3 is 2.70 bits per heavy atom. The summed E-state index contributed by atoms with van der Waals surface area (Å²) in [6.45, 7) is 6.01. The van der Waals surface area contributed by atoms with E-state index in [1.54, 1.807) is 0 Å². The van der Waals surface area contributed by atoms with Gasteiger partial charge in [0.25, 0.3) is 0 Å². The van der Waals surface area contributed by atoms with E-state index in [-0.39, 0.29) is 0 Å². The van der Waals surface area contributed by atoms with Crippen LogP contribution in [0.15, 0.2) is 79.0 Å². The fraction of sp³-hybridized carbons (Fsp3) is 0.214. The highest BCUT2D eigenvalue weighted by Crippen LogP contribution is 2.33. The molecule has 166 valence electrons. The highest BCUT2D eigenvalue weighted by molar-refractivity contribution is 5.86. The lowest BCUT2D eigenvalue weighted by atomic mass is 10.0. The minimum absolute atomic E-state index is 0.453. The smallest absolute Gasteiger partial charge is 0.410 e. The zero-order chi connectivity index (χ0) is 22.8. The summed E-state index contributed by atoms with van der Waals surface area (Å²) in [5.41, 5.74) is 6.59. The number of hydrogen-bond acceptors (Lipinski definition) is 4. The fourth-order valence-corrected chi connectivity index (χ4v) is 4.38. The molecular formula is C28H27N3O2. The Hall–Kier alpha value is -3.86. The minimum Gasteiger partial charge on any atom is -0.410 e. The molecule has 0 spiro atoms. The van der Waals surface area contributed by atoms with E-state index in [0.29, 0.717) is 11.7 Å². The first-order valence-corrected chi connectivity index (χ1v) is 11.4. The molecule has 0 fully saturated rings. The Morgan fingerprint density at radius 1 is 1.06 bits per heavy atom. The molecule has 0 unspecified atom stereocenters. The predicted octanol–water partition coefficient (Wildman–Crippen LogP) is 6.53. The van der Waals surface area contributed by atoms with E-state index in [2.05, 4.69) is 53.3 Å². The third-order valence-electron chi connectivity index (χ3n) is 6.15. The van der Waals surface area contributed by atoms with Crippen LogP contribution in [0.25, 0.3) is 10.9 Å². The largest absolute Gasteiger partial charge is 0.417 e. The molecule has 4 aromatic rings. The van der Waals surface area contributed by atoms with Crippen molar-refractivity contribution >= 4 is 28.4 Å². The van der Waals surface area contributed by atoms with Gasteiger partial charge in [0.15, 0.2) is 0 Å². The zero-order valence-corrected chi connectivity index (χ0v) is 18.9. The number of carbonyl (C=O) groups is 1. The van der Waals surface area contributed by atoms with Gasteiger partial charge in [-0.3, -0.25) is 10.3 Å². The molecule has 1 aliphatic rings. The highest BCUT2D eigenvalue weighted by atomic mass is 16.6. The number of ether oxygens (including phenoxy) is 1. The molecule has 33 heavy (non-hydrogen) atoms. The van der Waals surface area contributed by atoms with Gasteiger partial charge in [0.1, 0.15) is 5.75 Å². The van der Waals surface area contributed by atoms with Crippen molar-refractivity contribution in [3.63, 3.8) is 0 Å². The van der Waals surface area contributed by atoms with Gasteiger partial charge in [0.05, 0.1) is 5.52 Å². The lowest BCUT2D eigenvalue weighted by Crippen LogP contribution is -2.20. The van der Waals surface area contributed by atoms with Gasteiger partial charge in [-0.15, -0.1) is 0 Å². The molecule has 2 heterocycles. The lowest BCUT2D eigenvalue weighted by molar-refractivity contribution is 0.215. The molecular weight excluding hydrogens is 410 g/mol. The van der Waals surface area contributed by atoms with Gasteiger partial charge in [-0.25, -0.2) is 4.79 Å². The molecule has 5 rings (SSSR count). The molecule has 5 nitrogen and oxygen atoms in total. The topological polar surface area (TPSA) is 54.5 Å². The number of carbonyl (C=O) groups excluding carboxylic acids is 1. The van der Waals surface area contributed by atoms with E-state index in [1.165, 1.54) is 22.4 Å².